The number of carbonyl (C=O) groups excluding carboxylic acids is 1. The molecule has 0 saturated heterocycles. The highest BCUT2D eigenvalue weighted by molar-refractivity contribution is 7.72. The molecule has 0 bridgehead atoms. The predicted octanol–water partition coefficient (Wildman–Crippen LogP) is 4.63. The molecule has 22 heavy (non-hydrogen) atoms. The Morgan fingerprint density at radius 3 is 1.95 bits per heavy atom. The third-order valence-electron chi connectivity index (χ3n) is 4.08. The average Bonchev–Trinajstić information content (AvgIpc) is 2.47. The lowest BCUT2D eigenvalue weighted by Gasteiger charge is -2.34. The molecule has 0 amide bonds. The van der Waals surface area contributed by atoms with Gasteiger partial charge in [-0.3, -0.25) is 4.79 Å². The Hall–Kier alpha value is -1.66. The molecule has 0 spiro atoms. The summed E-state index contributed by atoms with van der Waals surface area (Å²) < 4.78 is 14.0. The van der Waals surface area contributed by atoms with Crippen molar-refractivity contribution in [3.8, 4) is 0 Å². The highest BCUT2D eigenvalue weighted by Crippen LogP contribution is 2.60. The van der Waals surface area contributed by atoms with Gasteiger partial charge >= 0.3 is 0 Å². The van der Waals surface area contributed by atoms with Crippen molar-refractivity contribution in [3.05, 3.63) is 66.2 Å². The van der Waals surface area contributed by atoms with E-state index in [1.807, 2.05) is 74.5 Å². The van der Waals surface area contributed by atoms with E-state index in [4.69, 9.17) is 0 Å². The fraction of sp³-hybridized carbons (Fsp3) is 0.316. The summed E-state index contributed by atoms with van der Waals surface area (Å²) in [5, 5.41) is 0.292. The van der Waals surface area contributed by atoms with Gasteiger partial charge in [-0.2, -0.15) is 0 Å². The first kappa shape index (κ1) is 16.7. The second-order valence-electron chi connectivity index (χ2n) is 6.41. The molecule has 0 radical (unpaired) electrons. The van der Waals surface area contributed by atoms with Crippen LogP contribution in [-0.4, -0.2) is 10.9 Å². The van der Waals surface area contributed by atoms with Gasteiger partial charge in [-0.15, -0.1) is 0 Å². The zero-order valence-electron chi connectivity index (χ0n) is 13.5. The molecule has 1 atom stereocenters. The number of Topliss-reactive ketones (excluding diaryl/α,β-unsaturated/α-hetero) is 1. The second kappa shape index (κ2) is 6.62. The van der Waals surface area contributed by atoms with Crippen molar-refractivity contribution in [2.45, 2.75) is 38.5 Å². The Balaban J connectivity index is 2.50. The number of rotatable bonds is 6. The van der Waals surface area contributed by atoms with Crippen LogP contribution in [0.2, 0.25) is 0 Å². The molecular formula is C19H23O2P. The minimum Gasteiger partial charge on any atom is -0.318 e. The van der Waals surface area contributed by atoms with Crippen LogP contribution in [0, 0.1) is 0 Å². The lowest BCUT2D eigenvalue weighted by molar-refractivity contribution is -0.117. The number of benzene rings is 2. The fourth-order valence-corrected chi connectivity index (χ4v) is 6.07. The van der Waals surface area contributed by atoms with Gasteiger partial charge < -0.3 is 4.57 Å². The molecule has 116 valence electrons. The molecule has 2 rings (SSSR count). The standard InChI is InChI=1S/C19H23O2P/c1-16(20)14-19(2,3)22(21,18-12-8-5-9-13-18)15-17-10-6-4-7-11-17/h4-13H,14-15H2,1-3H3. The molecule has 1 unspecified atom stereocenters. The summed E-state index contributed by atoms with van der Waals surface area (Å²) in [6.45, 7) is 5.47. The highest BCUT2D eigenvalue weighted by Gasteiger charge is 2.42. The first-order valence-corrected chi connectivity index (χ1v) is 9.42. The summed E-state index contributed by atoms with van der Waals surface area (Å²) in [5.74, 6) is 0.0780. The van der Waals surface area contributed by atoms with Crippen LogP contribution in [0.3, 0.4) is 0 Å². The van der Waals surface area contributed by atoms with Gasteiger partial charge in [0.1, 0.15) is 12.9 Å². The lowest BCUT2D eigenvalue weighted by Crippen LogP contribution is -2.30. The number of hydrogen-bond acceptors (Lipinski definition) is 2. The van der Waals surface area contributed by atoms with E-state index in [2.05, 4.69) is 0 Å². The number of carbonyl (C=O) groups is 1. The van der Waals surface area contributed by atoms with Crippen LogP contribution in [0.5, 0.6) is 0 Å². The van der Waals surface area contributed by atoms with Gasteiger partial charge in [-0.05, 0) is 12.5 Å². The maximum absolute atomic E-state index is 14.0. The van der Waals surface area contributed by atoms with E-state index in [1.165, 1.54) is 0 Å². The Labute approximate surface area is 132 Å². The minimum atomic E-state index is -2.77. The SMILES string of the molecule is CC(=O)CC(C)(C)P(=O)(Cc1ccccc1)c1ccccc1. The van der Waals surface area contributed by atoms with Crippen molar-refractivity contribution < 1.29 is 9.36 Å². The van der Waals surface area contributed by atoms with Gasteiger partial charge in [-0.25, -0.2) is 0 Å². The first-order valence-electron chi connectivity index (χ1n) is 7.53. The van der Waals surface area contributed by atoms with Crippen LogP contribution < -0.4 is 5.30 Å². The van der Waals surface area contributed by atoms with Crippen molar-refractivity contribution >= 4 is 18.2 Å². The lowest BCUT2D eigenvalue weighted by atomic mass is 10.1. The molecular weight excluding hydrogens is 291 g/mol. The molecule has 2 nitrogen and oxygen atoms in total. The third-order valence-corrected chi connectivity index (χ3v) is 8.14. The Bertz CT molecular complexity index is 675. The van der Waals surface area contributed by atoms with E-state index in [9.17, 15) is 9.36 Å². The maximum atomic E-state index is 14.0. The van der Waals surface area contributed by atoms with E-state index in [1.54, 1.807) is 6.92 Å². The molecule has 3 heteroatoms. The molecule has 2 aromatic rings. The van der Waals surface area contributed by atoms with Gasteiger partial charge in [0.25, 0.3) is 0 Å². The van der Waals surface area contributed by atoms with E-state index >= 15 is 0 Å². The number of hydrogen-bond donors (Lipinski definition) is 0. The van der Waals surface area contributed by atoms with Gasteiger partial charge in [0.2, 0.25) is 0 Å². The van der Waals surface area contributed by atoms with Gasteiger partial charge in [0, 0.05) is 23.0 Å². The minimum absolute atomic E-state index is 0.0780. The summed E-state index contributed by atoms with van der Waals surface area (Å²) in [7, 11) is -2.77. The maximum Gasteiger partial charge on any atom is 0.130 e. The monoisotopic (exact) mass is 314 g/mol. The second-order valence-corrected chi connectivity index (χ2v) is 9.93. The Morgan fingerprint density at radius 2 is 1.45 bits per heavy atom. The van der Waals surface area contributed by atoms with Crippen LogP contribution in [0.25, 0.3) is 0 Å². The van der Waals surface area contributed by atoms with Crippen LogP contribution in [-0.2, 0) is 15.5 Å². The van der Waals surface area contributed by atoms with E-state index < -0.39 is 12.3 Å². The van der Waals surface area contributed by atoms with E-state index in [0.717, 1.165) is 10.9 Å². The molecule has 2 aromatic carbocycles. The molecule has 0 aromatic heterocycles. The fourth-order valence-electron chi connectivity index (χ4n) is 2.90. The Morgan fingerprint density at radius 1 is 0.955 bits per heavy atom. The smallest absolute Gasteiger partial charge is 0.130 e. The Kier molecular flexibility index (Phi) is 5.03. The van der Waals surface area contributed by atoms with Gasteiger partial charge in [0.15, 0.2) is 0 Å². The zero-order valence-corrected chi connectivity index (χ0v) is 14.3. The van der Waals surface area contributed by atoms with Crippen LogP contribution in [0.15, 0.2) is 60.7 Å². The predicted molar refractivity (Wildman–Crippen MR) is 93.2 cm³/mol. The molecule has 0 aliphatic carbocycles. The summed E-state index contributed by atoms with van der Waals surface area (Å²) in [5.41, 5.74) is 1.05. The molecule has 0 fully saturated rings. The molecule has 0 heterocycles. The van der Waals surface area contributed by atoms with Crippen LogP contribution in [0.1, 0.15) is 32.8 Å². The van der Waals surface area contributed by atoms with Crippen molar-refractivity contribution in [3.63, 3.8) is 0 Å². The van der Waals surface area contributed by atoms with Crippen molar-refractivity contribution in [2.24, 2.45) is 0 Å². The molecule has 0 saturated carbocycles. The summed E-state index contributed by atoms with van der Waals surface area (Å²) in [4.78, 5) is 11.7. The van der Waals surface area contributed by atoms with Crippen molar-refractivity contribution in [1.29, 1.82) is 0 Å². The average molecular weight is 314 g/mol. The van der Waals surface area contributed by atoms with Crippen LogP contribution in [0.4, 0.5) is 0 Å². The van der Waals surface area contributed by atoms with Crippen molar-refractivity contribution in [1.82, 2.24) is 0 Å². The molecule has 0 N–H and O–H groups in total. The van der Waals surface area contributed by atoms with Gasteiger partial charge in [-0.1, -0.05) is 74.5 Å². The van der Waals surface area contributed by atoms with E-state index in [0.29, 0.717) is 12.6 Å². The number of ketones is 1. The van der Waals surface area contributed by atoms with E-state index in [-0.39, 0.29) is 5.78 Å². The normalized spacial score (nSPS) is 14.3. The van der Waals surface area contributed by atoms with Crippen molar-refractivity contribution in [2.75, 3.05) is 0 Å². The topological polar surface area (TPSA) is 34.1 Å². The molecule has 0 aliphatic heterocycles. The molecule has 0 aliphatic rings. The van der Waals surface area contributed by atoms with Gasteiger partial charge in [0.05, 0.1) is 0 Å². The summed E-state index contributed by atoms with van der Waals surface area (Å²) >= 11 is 0. The largest absolute Gasteiger partial charge is 0.318 e. The summed E-state index contributed by atoms with van der Waals surface area (Å²) in [6, 6.07) is 19.5. The zero-order chi connectivity index (χ0) is 16.2. The quantitative estimate of drug-likeness (QED) is 0.728. The highest BCUT2D eigenvalue weighted by atomic mass is 31.2. The first-order chi connectivity index (χ1) is 10.3. The van der Waals surface area contributed by atoms with Crippen LogP contribution >= 0.6 is 7.14 Å². The third kappa shape index (κ3) is 3.56. The summed E-state index contributed by atoms with van der Waals surface area (Å²) in [6.07, 6.45) is 0.810.